The maximum atomic E-state index is 13.4. The lowest BCUT2D eigenvalue weighted by Gasteiger charge is -2.46. The molecule has 1 aliphatic carbocycles. The summed E-state index contributed by atoms with van der Waals surface area (Å²) in [5.74, 6) is -0.833. The summed E-state index contributed by atoms with van der Waals surface area (Å²) < 4.78 is 39.9. The van der Waals surface area contributed by atoms with E-state index in [1.54, 1.807) is 19.4 Å². The zero-order valence-electron chi connectivity index (χ0n) is 23.0. The van der Waals surface area contributed by atoms with Gasteiger partial charge in [0.25, 0.3) is 5.92 Å². The van der Waals surface area contributed by atoms with Crippen LogP contribution in [-0.2, 0) is 4.74 Å². The zero-order chi connectivity index (χ0) is 27.7. The Morgan fingerprint density at radius 3 is 2.64 bits per heavy atom. The third-order valence-corrected chi connectivity index (χ3v) is 7.93. The van der Waals surface area contributed by atoms with Gasteiger partial charge < -0.3 is 9.47 Å². The summed E-state index contributed by atoms with van der Waals surface area (Å²) in [6.07, 6.45) is 8.33. The second-order valence-electron chi connectivity index (χ2n) is 10.9. The maximum Gasteiger partial charge on any atom is 0.412 e. The number of benzene rings is 1. The molecule has 1 amide bonds. The number of methoxy groups -OCH3 is 1. The molecule has 1 unspecified atom stereocenters. The van der Waals surface area contributed by atoms with Crippen LogP contribution in [0.25, 0.3) is 16.8 Å². The van der Waals surface area contributed by atoms with E-state index in [4.69, 9.17) is 14.5 Å². The Hall–Kier alpha value is -3.27. The molecular formula is C29H37F2N5O3. The molecule has 2 fully saturated rings. The number of alkyl halides is 2. The molecule has 39 heavy (non-hydrogen) atoms. The molecule has 2 aromatic heterocycles. The second-order valence-corrected chi connectivity index (χ2v) is 10.9. The molecule has 8 nitrogen and oxygen atoms in total. The normalized spacial score (nSPS) is 21.8. The average molecular weight is 542 g/mol. The molecule has 0 bridgehead atoms. The van der Waals surface area contributed by atoms with Crippen LogP contribution in [0.4, 0.5) is 19.3 Å². The predicted octanol–water partition coefficient (Wildman–Crippen LogP) is 6.43. The van der Waals surface area contributed by atoms with E-state index >= 15 is 0 Å². The summed E-state index contributed by atoms with van der Waals surface area (Å²) >= 11 is 0. The number of hydrogen-bond acceptors (Lipinski definition) is 6. The van der Waals surface area contributed by atoms with E-state index in [2.05, 4.69) is 14.7 Å². The molecule has 210 valence electrons. The van der Waals surface area contributed by atoms with Gasteiger partial charge in [-0.3, -0.25) is 19.6 Å². The van der Waals surface area contributed by atoms with E-state index in [-0.39, 0.29) is 31.2 Å². The van der Waals surface area contributed by atoms with Crippen LogP contribution in [0.5, 0.6) is 5.75 Å². The Bertz CT molecular complexity index is 1330. The van der Waals surface area contributed by atoms with Crippen LogP contribution in [0, 0.1) is 6.92 Å². The number of fused-ring (bicyclic) bond motifs is 1. The van der Waals surface area contributed by atoms with Crippen molar-refractivity contribution in [3.8, 4) is 17.0 Å². The quantitative estimate of drug-likeness (QED) is 0.354. The zero-order valence-corrected chi connectivity index (χ0v) is 23.0. The van der Waals surface area contributed by atoms with Crippen molar-refractivity contribution in [3.05, 3.63) is 42.1 Å². The Morgan fingerprint density at radius 1 is 1.23 bits per heavy atom. The number of imidazole rings is 1. The van der Waals surface area contributed by atoms with Gasteiger partial charge in [0, 0.05) is 29.9 Å². The van der Waals surface area contributed by atoms with E-state index in [1.165, 1.54) is 0 Å². The number of carbonyl (C=O) groups excluding carboxylic acids is 1. The number of amides is 1. The minimum atomic E-state index is -2.53. The molecule has 0 radical (unpaired) electrons. The second kappa shape index (κ2) is 11.1. The van der Waals surface area contributed by atoms with Crippen molar-refractivity contribution in [3.63, 3.8) is 0 Å². The van der Waals surface area contributed by atoms with Crippen LogP contribution in [0.15, 0.2) is 30.6 Å². The van der Waals surface area contributed by atoms with E-state index in [9.17, 15) is 13.6 Å². The van der Waals surface area contributed by atoms with Gasteiger partial charge in [0.05, 0.1) is 42.8 Å². The van der Waals surface area contributed by atoms with Crippen LogP contribution in [0.1, 0.15) is 69.8 Å². The standard InChI is InChI=1S/C29H37F2N5O3/c1-5-6-18(2)39-28(37)33-23-12-9-21(15-24(23)38-4)25-26-19(3)32-13-14-36(26)27(34-25)20-7-10-22(11-8-20)35-16-29(30,31)17-35/h9,12-15,18,20,22H,5-8,10-11,16-17H2,1-4H3,(H,33,37). The Balaban J connectivity index is 1.38. The van der Waals surface area contributed by atoms with Crippen LogP contribution in [-0.4, -0.2) is 63.6 Å². The number of rotatable bonds is 8. The third kappa shape index (κ3) is 5.71. The summed E-state index contributed by atoms with van der Waals surface area (Å²) in [5, 5.41) is 2.79. The highest BCUT2D eigenvalue weighted by atomic mass is 19.3. The molecule has 1 aliphatic heterocycles. The maximum absolute atomic E-state index is 13.4. The number of anilines is 1. The van der Waals surface area contributed by atoms with Crippen LogP contribution < -0.4 is 10.1 Å². The molecule has 10 heteroatoms. The lowest BCUT2D eigenvalue weighted by molar-refractivity contribution is -0.150. The number of aryl methyl sites for hydroxylation is 1. The van der Waals surface area contributed by atoms with Gasteiger partial charge >= 0.3 is 6.09 Å². The first kappa shape index (κ1) is 27.3. The number of halogens is 2. The van der Waals surface area contributed by atoms with Crippen LogP contribution >= 0.6 is 0 Å². The molecule has 1 atom stereocenters. The molecule has 1 saturated carbocycles. The van der Waals surface area contributed by atoms with Gasteiger partial charge in [-0.2, -0.15) is 0 Å². The lowest BCUT2D eigenvalue weighted by atomic mass is 9.83. The minimum absolute atomic E-state index is 0.119. The molecule has 1 aromatic carbocycles. The highest BCUT2D eigenvalue weighted by Gasteiger charge is 2.47. The minimum Gasteiger partial charge on any atom is -0.495 e. The van der Waals surface area contributed by atoms with E-state index in [1.807, 2.05) is 44.0 Å². The third-order valence-electron chi connectivity index (χ3n) is 7.93. The first-order chi connectivity index (χ1) is 18.7. The number of aromatic nitrogens is 3. The number of ether oxygens (including phenoxy) is 2. The predicted molar refractivity (Wildman–Crippen MR) is 146 cm³/mol. The van der Waals surface area contributed by atoms with Crippen LogP contribution in [0.3, 0.4) is 0 Å². The molecule has 5 rings (SSSR count). The number of hydrogen-bond donors (Lipinski definition) is 1. The van der Waals surface area contributed by atoms with Gasteiger partial charge in [-0.15, -0.1) is 0 Å². The van der Waals surface area contributed by atoms with Crippen molar-refractivity contribution >= 4 is 17.3 Å². The van der Waals surface area contributed by atoms with Crippen molar-refractivity contribution in [2.24, 2.45) is 0 Å². The van der Waals surface area contributed by atoms with Crippen molar-refractivity contribution in [2.75, 3.05) is 25.5 Å². The molecule has 0 spiro atoms. The first-order valence-corrected chi connectivity index (χ1v) is 13.8. The fourth-order valence-electron chi connectivity index (χ4n) is 5.94. The molecule has 1 N–H and O–H groups in total. The van der Waals surface area contributed by atoms with Gasteiger partial charge in [0.2, 0.25) is 0 Å². The Labute approximate surface area is 227 Å². The molecule has 1 saturated heterocycles. The summed E-state index contributed by atoms with van der Waals surface area (Å²) in [6.45, 7) is 5.64. The largest absolute Gasteiger partial charge is 0.495 e. The van der Waals surface area contributed by atoms with Crippen molar-refractivity contribution in [2.45, 2.75) is 83.3 Å². The summed E-state index contributed by atoms with van der Waals surface area (Å²) in [5.41, 5.74) is 3.94. The van der Waals surface area contributed by atoms with Crippen molar-refractivity contribution < 1.29 is 23.0 Å². The monoisotopic (exact) mass is 541 g/mol. The first-order valence-electron chi connectivity index (χ1n) is 13.8. The van der Waals surface area contributed by atoms with Crippen molar-refractivity contribution in [1.29, 1.82) is 0 Å². The van der Waals surface area contributed by atoms with Gasteiger partial charge in [0.15, 0.2) is 0 Å². The highest BCUT2D eigenvalue weighted by molar-refractivity contribution is 5.89. The lowest BCUT2D eigenvalue weighted by Crippen LogP contribution is -2.60. The fourth-order valence-corrected chi connectivity index (χ4v) is 5.94. The van der Waals surface area contributed by atoms with E-state index in [0.717, 1.165) is 66.8 Å². The van der Waals surface area contributed by atoms with Crippen molar-refractivity contribution in [1.82, 2.24) is 19.3 Å². The number of likely N-dealkylation sites (tertiary alicyclic amines) is 1. The Kier molecular flexibility index (Phi) is 7.75. The number of nitrogens with zero attached hydrogens (tertiary/aromatic N) is 4. The molecule has 2 aliphatic rings. The highest BCUT2D eigenvalue weighted by Crippen LogP contribution is 2.41. The fraction of sp³-hybridized carbons (Fsp3) is 0.552. The van der Waals surface area contributed by atoms with Gasteiger partial charge in [-0.1, -0.05) is 19.4 Å². The van der Waals surface area contributed by atoms with Gasteiger partial charge in [-0.25, -0.2) is 18.6 Å². The topological polar surface area (TPSA) is 81.0 Å². The van der Waals surface area contributed by atoms with Gasteiger partial charge in [-0.05, 0) is 58.1 Å². The molecule has 3 heterocycles. The number of carbonyl (C=O) groups is 1. The average Bonchev–Trinajstić information content (AvgIpc) is 3.28. The summed E-state index contributed by atoms with van der Waals surface area (Å²) in [6, 6.07) is 5.79. The smallest absolute Gasteiger partial charge is 0.412 e. The van der Waals surface area contributed by atoms with E-state index in [0.29, 0.717) is 11.4 Å². The SMILES string of the molecule is CCCC(C)OC(=O)Nc1ccc(-c2nc(C3CCC(N4CC(F)(F)C4)CC3)n3ccnc(C)c23)cc1OC. The van der Waals surface area contributed by atoms with Crippen LogP contribution in [0.2, 0.25) is 0 Å². The Morgan fingerprint density at radius 2 is 1.97 bits per heavy atom. The van der Waals surface area contributed by atoms with E-state index < -0.39 is 12.0 Å². The number of nitrogens with one attached hydrogen (secondary N) is 1. The van der Waals surface area contributed by atoms with Gasteiger partial charge in [0.1, 0.15) is 17.7 Å². The summed E-state index contributed by atoms with van der Waals surface area (Å²) in [4.78, 5) is 23.9. The summed E-state index contributed by atoms with van der Waals surface area (Å²) in [7, 11) is 1.56. The molecular weight excluding hydrogens is 504 g/mol. The molecule has 3 aromatic rings.